The standard InChI is InChI=1S/C10H17NOS/c1-4-11-10(7-12-3)9-5-6-13-8(9)2/h5-6,10-11H,4,7H2,1-3H3. The van der Waals surface area contributed by atoms with E-state index < -0.39 is 0 Å². The molecule has 3 heteroatoms. The highest BCUT2D eigenvalue weighted by Gasteiger charge is 2.12. The molecule has 74 valence electrons. The Morgan fingerprint density at radius 3 is 2.85 bits per heavy atom. The third kappa shape index (κ3) is 2.79. The SMILES string of the molecule is CCNC(COC)c1ccsc1C. The molecule has 1 rings (SSSR count). The van der Waals surface area contributed by atoms with E-state index in [0.29, 0.717) is 6.04 Å². The quantitative estimate of drug-likeness (QED) is 0.786. The van der Waals surface area contributed by atoms with Gasteiger partial charge in [0.15, 0.2) is 0 Å². The largest absolute Gasteiger partial charge is 0.383 e. The van der Waals surface area contributed by atoms with Crippen LogP contribution >= 0.6 is 11.3 Å². The van der Waals surface area contributed by atoms with Gasteiger partial charge in [-0.3, -0.25) is 0 Å². The topological polar surface area (TPSA) is 21.3 Å². The minimum atomic E-state index is 0.348. The lowest BCUT2D eigenvalue weighted by Crippen LogP contribution is -2.24. The van der Waals surface area contributed by atoms with Crippen molar-refractivity contribution in [1.82, 2.24) is 5.32 Å². The molecule has 0 saturated carbocycles. The van der Waals surface area contributed by atoms with E-state index in [9.17, 15) is 0 Å². The van der Waals surface area contributed by atoms with Crippen LogP contribution < -0.4 is 5.32 Å². The van der Waals surface area contributed by atoms with Crippen LogP contribution in [0.5, 0.6) is 0 Å². The molecule has 0 spiro atoms. The van der Waals surface area contributed by atoms with Gasteiger partial charge < -0.3 is 10.1 Å². The van der Waals surface area contributed by atoms with Crippen molar-refractivity contribution >= 4 is 11.3 Å². The lowest BCUT2D eigenvalue weighted by molar-refractivity contribution is 0.168. The van der Waals surface area contributed by atoms with Crippen molar-refractivity contribution in [1.29, 1.82) is 0 Å². The summed E-state index contributed by atoms with van der Waals surface area (Å²) < 4.78 is 5.18. The van der Waals surface area contributed by atoms with Crippen molar-refractivity contribution in [2.75, 3.05) is 20.3 Å². The van der Waals surface area contributed by atoms with E-state index in [1.807, 2.05) is 0 Å². The molecule has 1 atom stereocenters. The summed E-state index contributed by atoms with van der Waals surface area (Å²) in [6, 6.07) is 2.52. The highest BCUT2D eigenvalue weighted by molar-refractivity contribution is 7.10. The van der Waals surface area contributed by atoms with Gasteiger partial charge in [0.05, 0.1) is 12.6 Å². The Bertz CT molecular complexity index is 241. The number of methoxy groups -OCH3 is 1. The van der Waals surface area contributed by atoms with Crippen LogP contribution in [-0.4, -0.2) is 20.3 Å². The Kier molecular flexibility index (Phi) is 4.42. The summed E-state index contributed by atoms with van der Waals surface area (Å²) in [7, 11) is 1.74. The lowest BCUT2D eigenvalue weighted by Gasteiger charge is -2.16. The van der Waals surface area contributed by atoms with Gasteiger partial charge in [-0.05, 0) is 30.5 Å². The number of nitrogens with one attached hydrogen (secondary N) is 1. The second-order valence-electron chi connectivity index (χ2n) is 3.00. The molecule has 13 heavy (non-hydrogen) atoms. The molecule has 2 nitrogen and oxygen atoms in total. The minimum Gasteiger partial charge on any atom is -0.383 e. The van der Waals surface area contributed by atoms with E-state index in [0.717, 1.165) is 13.2 Å². The number of rotatable bonds is 5. The molecule has 0 bridgehead atoms. The van der Waals surface area contributed by atoms with E-state index in [2.05, 4.69) is 30.6 Å². The fourth-order valence-corrected chi connectivity index (χ4v) is 2.19. The maximum atomic E-state index is 5.18. The zero-order valence-corrected chi connectivity index (χ0v) is 9.28. The zero-order valence-electron chi connectivity index (χ0n) is 8.46. The van der Waals surface area contributed by atoms with Crippen molar-refractivity contribution in [2.24, 2.45) is 0 Å². The molecule has 0 saturated heterocycles. The van der Waals surface area contributed by atoms with Gasteiger partial charge in [-0.15, -0.1) is 11.3 Å². The molecule has 0 radical (unpaired) electrons. The third-order valence-electron chi connectivity index (χ3n) is 2.06. The molecule has 0 aliphatic heterocycles. The summed E-state index contributed by atoms with van der Waals surface area (Å²) in [5.74, 6) is 0. The second kappa shape index (κ2) is 5.37. The van der Waals surface area contributed by atoms with Crippen molar-refractivity contribution in [3.8, 4) is 0 Å². The van der Waals surface area contributed by atoms with Crippen LogP contribution in [0.3, 0.4) is 0 Å². The maximum Gasteiger partial charge on any atom is 0.0658 e. The molecule has 1 aromatic rings. The van der Waals surface area contributed by atoms with Gasteiger partial charge in [-0.2, -0.15) is 0 Å². The molecule has 0 aliphatic rings. The fraction of sp³-hybridized carbons (Fsp3) is 0.600. The first-order valence-electron chi connectivity index (χ1n) is 4.56. The van der Waals surface area contributed by atoms with E-state index in [-0.39, 0.29) is 0 Å². The average molecular weight is 199 g/mol. The van der Waals surface area contributed by atoms with Crippen molar-refractivity contribution in [3.05, 3.63) is 21.9 Å². The van der Waals surface area contributed by atoms with Gasteiger partial charge >= 0.3 is 0 Å². The second-order valence-corrected chi connectivity index (χ2v) is 4.12. The number of aryl methyl sites for hydroxylation is 1. The van der Waals surface area contributed by atoms with Gasteiger partial charge in [0.1, 0.15) is 0 Å². The van der Waals surface area contributed by atoms with Crippen LogP contribution in [0.25, 0.3) is 0 Å². The molecular weight excluding hydrogens is 182 g/mol. The lowest BCUT2D eigenvalue weighted by atomic mass is 10.1. The zero-order chi connectivity index (χ0) is 9.68. The van der Waals surface area contributed by atoms with Crippen molar-refractivity contribution in [3.63, 3.8) is 0 Å². The third-order valence-corrected chi connectivity index (χ3v) is 2.92. The van der Waals surface area contributed by atoms with Crippen molar-refractivity contribution in [2.45, 2.75) is 19.9 Å². The Morgan fingerprint density at radius 1 is 1.62 bits per heavy atom. The molecule has 1 aromatic heterocycles. The smallest absolute Gasteiger partial charge is 0.0658 e. The highest BCUT2D eigenvalue weighted by Crippen LogP contribution is 2.22. The minimum absolute atomic E-state index is 0.348. The van der Waals surface area contributed by atoms with Crippen LogP contribution in [0.15, 0.2) is 11.4 Å². The van der Waals surface area contributed by atoms with E-state index in [1.54, 1.807) is 18.4 Å². The Hall–Kier alpha value is -0.380. The number of ether oxygens (including phenoxy) is 1. The summed E-state index contributed by atoms with van der Waals surface area (Å²) in [6.45, 7) is 5.99. The number of hydrogen-bond acceptors (Lipinski definition) is 3. The Morgan fingerprint density at radius 2 is 2.38 bits per heavy atom. The van der Waals surface area contributed by atoms with E-state index >= 15 is 0 Å². The molecule has 1 heterocycles. The van der Waals surface area contributed by atoms with Crippen LogP contribution in [0, 0.1) is 6.92 Å². The summed E-state index contributed by atoms with van der Waals surface area (Å²) >= 11 is 1.79. The van der Waals surface area contributed by atoms with Crippen molar-refractivity contribution < 1.29 is 4.74 Å². The first-order valence-corrected chi connectivity index (χ1v) is 5.43. The molecule has 1 N–H and O–H groups in total. The maximum absolute atomic E-state index is 5.18. The number of thiophene rings is 1. The Labute approximate surface area is 83.9 Å². The van der Waals surface area contributed by atoms with Gasteiger partial charge in [-0.1, -0.05) is 6.92 Å². The van der Waals surface area contributed by atoms with Gasteiger partial charge in [0, 0.05) is 12.0 Å². The Balaban J connectivity index is 2.69. The first kappa shape index (κ1) is 10.7. The van der Waals surface area contributed by atoms with E-state index in [4.69, 9.17) is 4.74 Å². The van der Waals surface area contributed by atoms with Gasteiger partial charge in [0.25, 0.3) is 0 Å². The van der Waals surface area contributed by atoms with Crippen LogP contribution in [0.1, 0.15) is 23.4 Å². The molecule has 0 fully saturated rings. The monoisotopic (exact) mass is 199 g/mol. The average Bonchev–Trinajstić information content (AvgIpc) is 2.51. The first-order chi connectivity index (χ1) is 6.29. The molecule has 0 amide bonds. The molecule has 0 aromatic carbocycles. The predicted molar refractivity (Wildman–Crippen MR) is 57.3 cm³/mol. The summed E-state index contributed by atoms with van der Waals surface area (Å²) in [5.41, 5.74) is 1.37. The summed E-state index contributed by atoms with van der Waals surface area (Å²) in [4.78, 5) is 1.38. The van der Waals surface area contributed by atoms with Crippen LogP contribution in [0.2, 0.25) is 0 Å². The van der Waals surface area contributed by atoms with Gasteiger partial charge in [-0.25, -0.2) is 0 Å². The summed E-state index contributed by atoms with van der Waals surface area (Å²) in [5, 5.41) is 5.54. The van der Waals surface area contributed by atoms with E-state index in [1.165, 1.54) is 10.4 Å². The highest BCUT2D eigenvalue weighted by atomic mass is 32.1. The molecule has 0 aliphatic carbocycles. The fourth-order valence-electron chi connectivity index (χ4n) is 1.43. The number of likely N-dealkylation sites (N-methyl/N-ethyl adjacent to an activating group) is 1. The summed E-state index contributed by atoms with van der Waals surface area (Å²) in [6.07, 6.45) is 0. The molecular formula is C10H17NOS. The number of hydrogen-bond donors (Lipinski definition) is 1. The predicted octanol–water partition coefficient (Wildman–Crippen LogP) is 2.35. The normalized spacial score (nSPS) is 13.2. The van der Waals surface area contributed by atoms with Crippen LogP contribution in [0.4, 0.5) is 0 Å². The van der Waals surface area contributed by atoms with Crippen LogP contribution in [-0.2, 0) is 4.74 Å². The van der Waals surface area contributed by atoms with Gasteiger partial charge in [0.2, 0.25) is 0 Å². The molecule has 1 unspecified atom stereocenters.